The highest BCUT2D eigenvalue weighted by Gasteiger charge is 2.18. The van der Waals surface area contributed by atoms with Crippen molar-refractivity contribution in [1.82, 2.24) is 10.6 Å². The molecule has 15 heavy (non-hydrogen) atoms. The van der Waals surface area contributed by atoms with E-state index in [4.69, 9.17) is 11.6 Å². The molecule has 1 aliphatic heterocycles. The van der Waals surface area contributed by atoms with Crippen LogP contribution in [0.25, 0.3) is 0 Å². The van der Waals surface area contributed by atoms with Crippen LogP contribution in [0.4, 0.5) is 0 Å². The maximum Gasteiger partial charge on any atom is 0.253 e. The minimum Gasteiger partial charge on any atom is -0.348 e. The lowest BCUT2D eigenvalue weighted by atomic mass is 10.2. The molecule has 0 spiro atoms. The summed E-state index contributed by atoms with van der Waals surface area (Å²) in [7, 11) is 0. The van der Waals surface area contributed by atoms with Gasteiger partial charge < -0.3 is 10.6 Å². The van der Waals surface area contributed by atoms with Gasteiger partial charge in [0.25, 0.3) is 5.91 Å². The quantitative estimate of drug-likeness (QED) is 0.798. The molecule has 2 rings (SSSR count). The lowest BCUT2D eigenvalue weighted by molar-refractivity contribution is 0.0940. The fourth-order valence-electron chi connectivity index (χ4n) is 1.69. The molecule has 0 aromatic heterocycles. The molecule has 1 fully saturated rings. The Morgan fingerprint density at radius 1 is 1.47 bits per heavy atom. The maximum atomic E-state index is 11.8. The number of benzene rings is 1. The molecule has 3 nitrogen and oxygen atoms in total. The third-order valence-corrected chi connectivity index (χ3v) is 2.84. The predicted octanol–water partition coefficient (Wildman–Crippen LogP) is 1.43. The van der Waals surface area contributed by atoms with Gasteiger partial charge in [0.1, 0.15) is 0 Å². The lowest BCUT2D eigenvalue weighted by Gasteiger charge is -2.11. The number of rotatable bonds is 2. The Labute approximate surface area is 93.8 Å². The second-order valence-corrected chi connectivity index (χ2v) is 4.05. The molecule has 2 N–H and O–H groups in total. The highest BCUT2D eigenvalue weighted by molar-refractivity contribution is 6.33. The van der Waals surface area contributed by atoms with Crippen LogP contribution in [0.1, 0.15) is 16.8 Å². The molecule has 0 bridgehead atoms. The average Bonchev–Trinajstić information content (AvgIpc) is 2.71. The van der Waals surface area contributed by atoms with Crippen LogP contribution < -0.4 is 10.6 Å². The first-order chi connectivity index (χ1) is 7.27. The second-order valence-electron chi connectivity index (χ2n) is 3.64. The standard InChI is InChI=1S/C11H13ClN2O/c12-10-4-2-1-3-9(10)11(15)14-8-5-6-13-7-8/h1-4,8,13H,5-7H2,(H,14,15)/t8-/m1/s1. The van der Waals surface area contributed by atoms with Gasteiger partial charge in [0.15, 0.2) is 0 Å². The van der Waals surface area contributed by atoms with Crippen LogP contribution in [0, 0.1) is 0 Å². The summed E-state index contributed by atoms with van der Waals surface area (Å²) in [6.45, 7) is 1.81. The van der Waals surface area contributed by atoms with Crippen molar-refractivity contribution in [1.29, 1.82) is 0 Å². The monoisotopic (exact) mass is 224 g/mol. The van der Waals surface area contributed by atoms with Gasteiger partial charge in [-0.3, -0.25) is 4.79 Å². The van der Waals surface area contributed by atoms with Crippen LogP contribution in [-0.2, 0) is 0 Å². The van der Waals surface area contributed by atoms with Gasteiger partial charge in [-0.25, -0.2) is 0 Å². The summed E-state index contributed by atoms with van der Waals surface area (Å²) < 4.78 is 0. The summed E-state index contributed by atoms with van der Waals surface area (Å²) in [4.78, 5) is 11.8. The number of hydrogen-bond donors (Lipinski definition) is 2. The molecular formula is C11H13ClN2O. The topological polar surface area (TPSA) is 41.1 Å². The molecule has 80 valence electrons. The Bertz CT molecular complexity index is 361. The molecule has 1 aromatic carbocycles. The summed E-state index contributed by atoms with van der Waals surface area (Å²) in [5, 5.41) is 6.65. The van der Waals surface area contributed by atoms with Crippen molar-refractivity contribution in [3.8, 4) is 0 Å². The molecule has 1 aliphatic rings. The summed E-state index contributed by atoms with van der Waals surface area (Å²) in [6, 6.07) is 7.32. The van der Waals surface area contributed by atoms with Crippen LogP contribution in [0.5, 0.6) is 0 Å². The lowest BCUT2D eigenvalue weighted by Crippen LogP contribution is -2.36. The summed E-state index contributed by atoms with van der Waals surface area (Å²) in [5.74, 6) is -0.0886. The number of nitrogens with one attached hydrogen (secondary N) is 2. The average molecular weight is 225 g/mol. The van der Waals surface area contributed by atoms with Crippen molar-refractivity contribution in [2.24, 2.45) is 0 Å². The maximum absolute atomic E-state index is 11.8. The van der Waals surface area contributed by atoms with E-state index >= 15 is 0 Å². The van der Waals surface area contributed by atoms with Gasteiger partial charge in [-0.2, -0.15) is 0 Å². The molecule has 1 saturated heterocycles. The Morgan fingerprint density at radius 3 is 2.93 bits per heavy atom. The van der Waals surface area contributed by atoms with Crippen molar-refractivity contribution in [3.05, 3.63) is 34.9 Å². The Kier molecular flexibility index (Phi) is 3.23. The van der Waals surface area contributed by atoms with Gasteiger partial charge in [-0.1, -0.05) is 23.7 Å². The van der Waals surface area contributed by atoms with Gasteiger partial charge in [0.05, 0.1) is 10.6 Å². The molecule has 1 aromatic rings. The van der Waals surface area contributed by atoms with Crippen molar-refractivity contribution in [3.63, 3.8) is 0 Å². The number of carbonyl (C=O) groups excluding carboxylic acids is 1. The number of hydrogen-bond acceptors (Lipinski definition) is 2. The Morgan fingerprint density at radius 2 is 2.27 bits per heavy atom. The summed E-state index contributed by atoms with van der Waals surface area (Å²) in [6.07, 6.45) is 0.982. The molecule has 1 heterocycles. The normalized spacial score (nSPS) is 20.2. The molecule has 0 aliphatic carbocycles. The fourth-order valence-corrected chi connectivity index (χ4v) is 1.91. The van der Waals surface area contributed by atoms with E-state index in [9.17, 15) is 4.79 Å². The van der Waals surface area contributed by atoms with E-state index in [2.05, 4.69) is 10.6 Å². The zero-order valence-corrected chi connectivity index (χ0v) is 9.05. The first-order valence-corrected chi connectivity index (χ1v) is 5.41. The SMILES string of the molecule is O=C(N[C@@H]1CCNC1)c1ccccc1Cl. The van der Waals surface area contributed by atoms with E-state index in [0.29, 0.717) is 10.6 Å². The van der Waals surface area contributed by atoms with E-state index in [1.165, 1.54) is 0 Å². The van der Waals surface area contributed by atoms with E-state index in [1.54, 1.807) is 12.1 Å². The molecule has 0 radical (unpaired) electrons. The van der Waals surface area contributed by atoms with Crippen LogP contribution >= 0.6 is 11.6 Å². The largest absolute Gasteiger partial charge is 0.348 e. The fraction of sp³-hybridized carbons (Fsp3) is 0.364. The van der Waals surface area contributed by atoms with Gasteiger partial charge >= 0.3 is 0 Å². The Balaban J connectivity index is 2.04. The molecule has 1 atom stereocenters. The van der Waals surface area contributed by atoms with Crippen molar-refractivity contribution < 1.29 is 4.79 Å². The van der Waals surface area contributed by atoms with E-state index < -0.39 is 0 Å². The van der Waals surface area contributed by atoms with E-state index in [1.807, 2.05) is 12.1 Å². The minimum absolute atomic E-state index is 0.0886. The smallest absolute Gasteiger partial charge is 0.253 e. The minimum atomic E-state index is -0.0886. The van der Waals surface area contributed by atoms with E-state index in [0.717, 1.165) is 19.5 Å². The van der Waals surface area contributed by atoms with Crippen LogP contribution in [0.15, 0.2) is 24.3 Å². The van der Waals surface area contributed by atoms with Gasteiger partial charge in [-0.15, -0.1) is 0 Å². The number of amides is 1. The molecule has 1 amide bonds. The molecule has 4 heteroatoms. The first kappa shape index (κ1) is 10.5. The zero-order chi connectivity index (χ0) is 10.7. The summed E-state index contributed by atoms with van der Waals surface area (Å²) >= 11 is 5.93. The zero-order valence-electron chi connectivity index (χ0n) is 8.29. The van der Waals surface area contributed by atoms with Crippen molar-refractivity contribution in [2.45, 2.75) is 12.5 Å². The molecule has 0 unspecified atom stereocenters. The van der Waals surface area contributed by atoms with Crippen LogP contribution in [-0.4, -0.2) is 25.0 Å². The predicted molar refractivity (Wildman–Crippen MR) is 60.2 cm³/mol. The van der Waals surface area contributed by atoms with Crippen molar-refractivity contribution >= 4 is 17.5 Å². The van der Waals surface area contributed by atoms with E-state index in [-0.39, 0.29) is 11.9 Å². The van der Waals surface area contributed by atoms with Gasteiger partial charge in [0, 0.05) is 12.6 Å². The third kappa shape index (κ3) is 2.49. The second kappa shape index (κ2) is 4.64. The van der Waals surface area contributed by atoms with Crippen molar-refractivity contribution in [2.75, 3.05) is 13.1 Å². The first-order valence-electron chi connectivity index (χ1n) is 5.03. The molecule has 0 saturated carbocycles. The number of carbonyl (C=O) groups is 1. The number of halogens is 1. The molecular weight excluding hydrogens is 212 g/mol. The highest BCUT2D eigenvalue weighted by atomic mass is 35.5. The third-order valence-electron chi connectivity index (χ3n) is 2.51. The van der Waals surface area contributed by atoms with Gasteiger partial charge in [0.2, 0.25) is 0 Å². The van der Waals surface area contributed by atoms with Crippen LogP contribution in [0.3, 0.4) is 0 Å². The summed E-state index contributed by atoms with van der Waals surface area (Å²) in [5.41, 5.74) is 0.547. The van der Waals surface area contributed by atoms with Gasteiger partial charge in [-0.05, 0) is 25.1 Å². The highest BCUT2D eigenvalue weighted by Crippen LogP contribution is 2.15. The van der Waals surface area contributed by atoms with Crippen LogP contribution in [0.2, 0.25) is 5.02 Å². The Hall–Kier alpha value is -1.06.